The Balaban J connectivity index is 2.24. The van der Waals surface area contributed by atoms with Crippen LogP contribution in [0.3, 0.4) is 0 Å². The van der Waals surface area contributed by atoms with Crippen LogP contribution in [0.25, 0.3) is 0 Å². The maximum absolute atomic E-state index is 5.93. The molecule has 1 heterocycles. The molecule has 2 heteroatoms. The van der Waals surface area contributed by atoms with Gasteiger partial charge in [0.05, 0.1) is 0 Å². The van der Waals surface area contributed by atoms with Crippen molar-refractivity contribution in [3.63, 3.8) is 0 Å². The van der Waals surface area contributed by atoms with Crippen LogP contribution in [-0.2, 0) is 6.42 Å². The lowest BCUT2D eigenvalue weighted by Crippen LogP contribution is -2.46. The van der Waals surface area contributed by atoms with Crippen molar-refractivity contribution in [1.82, 2.24) is 0 Å². The molecule has 17 heavy (non-hydrogen) atoms. The Kier molecular flexibility index (Phi) is 4.06. The van der Waals surface area contributed by atoms with E-state index in [1.165, 1.54) is 30.5 Å². The lowest BCUT2D eigenvalue weighted by Gasteiger charge is -2.40. The van der Waals surface area contributed by atoms with Gasteiger partial charge in [-0.15, -0.1) is 0 Å². The summed E-state index contributed by atoms with van der Waals surface area (Å²) < 4.78 is 0. The van der Waals surface area contributed by atoms with Crippen LogP contribution in [0.1, 0.15) is 32.3 Å². The van der Waals surface area contributed by atoms with Crippen LogP contribution in [-0.4, -0.2) is 19.1 Å². The molecule has 0 fully saturated rings. The fourth-order valence-electron chi connectivity index (χ4n) is 2.63. The number of anilines is 1. The van der Waals surface area contributed by atoms with Crippen LogP contribution < -0.4 is 10.6 Å². The molecule has 0 aliphatic carbocycles. The number of hydrogen-bond donors (Lipinski definition) is 1. The van der Waals surface area contributed by atoms with Gasteiger partial charge in [-0.05, 0) is 30.4 Å². The fourth-order valence-corrected chi connectivity index (χ4v) is 2.63. The molecule has 2 atom stereocenters. The molecule has 0 saturated carbocycles. The van der Waals surface area contributed by atoms with Crippen LogP contribution in [0.4, 0.5) is 5.69 Å². The minimum absolute atomic E-state index is 0.527. The lowest BCUT2D eigenvalue weighted by atomic mass is 9.94. The average molecular weight is 232 g/mol. The number of hydrogen-bond acceptors (Lipinski definition) is 2. The minimum atomic E-state index is 0.527. The Morgan fingerprint density at radius 2 is 2.18 bits per heavy atom. The molecule has 0 bridgehead atoms. The standard InChI is InChI=1S/C15H24N2/c1-3-12(2)11-17-14(10-16)9-8-13-6-4-5-7-15(13)17/h4-7,12,14H,3,8-11,16H2,1-2H3. The van der Waals surface area contributed by atoms with Crippen molar-refractivity contribution in [2.24, 2.45) is 11.7 Å². The first-order chi connectivity index (χ1) is 8.26. The maximum Gasteiger partial charge on any atom is 0.0415 e. The third-order valence-corrected chi connectivity index (χ3v) is 3.97. The summed E-state index contributed by atoms with van der Waals surface area (Å²) in [5.41, 5.74) is 8.82. The number of nitrogens with two attached hydrogens (primary N) is 1. The molecule has 0 saturated heterocycles. The molecule has 1 aromatic rings. The van der Waals surface area contributed by atoms with E-state index in [1.54, 1.807) is 0 Å². The summed E-state index contributed by atoms with van der Waals surface area (Å²) in [7, 11) is 0. The van der Waals surface area contributed by atoms with Gasteiger partial charge in [0, 0.05) is 24.8 Å². The average Bonchev–Trinajstić information content (AvgIpc) is 2.39. The highest BCUT2D eigenvalue weighted by Gasteiger charge is 2.25. The lowest BCUT2D eigenvalue weighted by molar-refractivity contribution is 0.467. The summed E-state index contributed by atoms with van der Waals surface area (Å²) in [5, 5.41) is 0. The number of fused-ring (bicyclic) bond motifs is 1. The van der Waals surface area contributed by atoms with Gasteiger partial charge >= 0.3 is 0 Å². The molecule has 2 nitrogen and oxygen atoms in total. The van der Waals surface area contributed by atoms with Gasteiger partial charge in [0.2, 0.25) is 0 Å². The third kappa shape index (κ3) is 2.63. The first kappa shape index (κ1) is 12.4. The van der Waals surface area contributed by atoms with Crippen molar-refractivity contribution in [3.05, 3.63) is 29.8 Å². The minimum Gasteiger partial charge on any atom is -0.367 e. The molecule has 0 amide bonds. The first-order valence-corrected chi connectivity index (χ1v) is 6.80. The van der Waals surface area contributed by atoms with Gasteiger partial charge in [-0.1, -0.05) is 38.5 Å². The molecular formula is C15H24N2. The van der Waals surface area contributed by atoms with E-state index in [0.717, 1.165) is 19.0 Å². The largest absolute Gasteiger partial charge is 0.367 e. The highest BCUT2D eigenvalue weighted by molar-refractivity contribution is 5.56. The Morgan fingerprint density at radius 1 is 1.41 bits per heavy atom. The number of benzene rings is 1. The predicted molar refractivity (Wildman–Crippen MR) is 74.4 cm³/mol. The van der Waals surface area contributed by atoms with Crippen molar-refractivity contribution in [3.8, 4) is 0 Å². The van der Waals surface area contributed by atoms with Crippen LogP contribution in [0.15, 0.2) is 24.3 Å². The van der Waals surface area contributed by atoms with Crippen LogP contribution >= 0.6 is 0 Å². The SMILES string of the molecule is CCC(C)CN1c2ccccc2CCC1CN. The highest BCUT2D eigenvalue weighted by atomic mass is 15.2. The van der Waals surface area contributed by atoms with Gasteiger partial charge in [0.1, 0.15) is 0 Å². The van der Waals surface area contributed by atoms with Crippen molar-refractivity contribution >= 4 is 5.69 Å². The normalized spacial score (nSPS) is 21.1. The van der Waals surface area contributed by atoms with Gasteiger partial charge in [-0.25, -0.2) is 0 Å². The zero-order valence-electron chi connectivity index (χ0n) is 11.0. The van der Waals surface area contributed by atoms with Crippen LogP contribution in [0, 0.1) is 5.92 Å². The van der Waals surface area contributed by atoms with E-state index >= 15 is 0 Å². The Morgan fingerprint density at radius 3 is 2.88 bits per heavy atom. The van der Waals surface area contributed by atoms with Crippen molar-refractivity contribution in [2.75, 3.05) is 18.0 Å². The molecule has 0 spiro atoms. The number of aryl methyl sites for hydroxylation is 1. The molecule has 0 aromatic heterocycles. The molecule has 1 aliphatic heterocycles. The van der Waals surface area contributed by atoms with E-state index in [4.69, 9.17) is 5.73 Å². The zero-order valence-corrected chi connectivity index (χ0v) is 11.0. The summed E-state index contributed by atoms with van der Waals surface area (Å²) in [4.78, 5) is 2.53. The number of rotatable bonds is 4. The molecule has 2 unspecified atom stereocenters. The monoisotopic (exact) mass is 232 g/mol. The molecule has 0 radical (unpaired) electrons. The molecular weight excluding hydrogens is 208 g/mol. The number of para-hydroxylation sites is 1. The van der Waals surface area contributed by atoms with Crippen molar-refractivity contribution in [1.29, 1.82) is 0 Å². The fraction of sp³-hybridized carbons (Fsp3) is 0.600. The second kappa shape index (κ2) is 5.54. The Bertz CT molecular complexity index is 362. The van der Waals surface area contributed by atoms with E-state index in [1.807, 2.05) is 0 Å². The van der Waals surface area contributed by atoms with E-state index in [9.17, 15) is 0 Å². The summed E-state index contributed by atoms with van der Waals surface area (Å²) in [5.74, 6) is 0.732. The van der Waals surface area contributed by atoms with Crippen molar-refractivity contribution in [2.45, 2.75) is 39.2 Å². The molecule has 2 N–H and O–H groups in total. The van der Waals surface area contributed by atoms with E-state index < -0.39 is 0 Å². The van der Waals surface area contributed by atoms with E-state index in [0.29, 0.717) is 6.04 Å². The quantitative estimate of drug-likeness (QED) is 0.865. The summed E-state index contributed by atoms with van der Waals surface area (Å²) in [6, 6.07) is 9.31. The summed E-state index contributed by atoms with van der Waals surface area (Å²) in [6.07, 6.45) is 3.61. The van der Waals surface area contributed by atoms with Gasteiger partial charge in [0.15, 0.2) is 0 Å². The first-order valence-electron chi connectivity index (χ1n) is 6.80. The molecule has 2 rings (SSSR count). The Labute approximate surface area is 105 Å². The molecule has 94 valence electrons. The maximum atomic E-state index is 5.93. The second-order valence-corrected chi connectivity index (χ2v) is 5.22. The summed E-state index contributed by atoms with van der Waals surface area (Å²) >= 11 is 0. The van der Waals surface area contributed by atoms with Crippen LogP contribution in [0.2, 0.25) is 0 Å². The smallest absolute Gasteiger partial charge is 0.0415 e. The summed E-state index contributed by atoms with van der Waals surface area (Å²) in [6.45, 7) is 6.49. The predicted octanol–water partition coefficient (Wildman–Crippen LogP) is 2.81. The van der Waals surface area contributed by atoms with E-state index in [-0.39, 0.29) is 0 Å². The van der Waals surface area contributed by atoms with Gasteiger partial charge in [-0.3, -0.25) is 0 Å². The Hall–Kier alpha value is -1.02. The van der Waals surface area contributed by atoms with Crippen molar-refractivity contribution < 1.29 is 0 Å². The second-order valence-electron chi connectivity index (χ2n) is 5.22. The van der Waals surface area contributed by atoms with Gasteiger partial charge in [0.25, 0.3) is 0 Å². The topological polar surface area (TPSA) is 29.3 Å². The number of nitrogens with zero attached hydrogens (tertiary/aromatic N) is 1. The van der Waals surface area contributed by atoms with Crippen LogP contribution in [0.5, 0.6) is 0 Å². The third-order valence-electron chi connectivity index (χ3n) is 3.97. The van der Waals surface area contributed by atoms with E-state index in [2.05, 4.69) is 43.0 Å². The van der Waals surface area contributed by atoms with Gasteiger partial charge in [-0.2, -0.15) is 0 Å². The van der Waals surface area contributed by atoms with Gasteiger partial charge < -0.3 is 10.6 Å². The zero-order chi connectivity index (χ0) is 12.3. The molecule has 1 aromatic carbocycles. The molecule has 1 aliphatic rings. The highest BCUT2D eigenvalue weighted by Crippen LogP contribution is 2.31.